The zero-order chi connectivity index (χ0) is 21.2. The van der Waals surface area contributed by atoms with Gasteiger partial charge in [0.15, 0.2) is 0 Å². The molecule has 1 amide bonds. The predicted molar refractivity (Wildman–Crippen MR) is 108 cm³/mol. The van der Waals surface area contributed by atoms with Gasteiger partial charge in [0.1, 0.15) is 5.69 Å². The molecule has 0 aliphatic carbocycles. The largest absolute Gasteiger partial charge is 0.433 e. The van der Waals surface area contributed by atoms with Crippen LogP contribution < -0.4 is 10.6 Å². The first kappa shape index (κ1) is 20.6. The van der Waals surface area contributed by atoms with Crippen LogP contribution in [-0.4, -0.2) is 17.4 Å². The molecule has 0 aliphatic rings. The Hall–Kier alpha value is -3.09. The van der Waals surface area contributed by atoms with Crippen molar-refractivity contribution in [3.63, 3.8) is 0 Å². The zero-order valence-corrected chi connectivity index (χ0v) is 16.4. The van der Waals surface area contributed by atoms with Gasteiger partial charge in [-0.15, -0.1) is 0 Å². The summed E-state index contributed by atoms with van der Waals surface area (Å²) in [4.78, 5) is 16.3. The smallest absolute Gasteiger partial charge is 0.385 e. The van der Waals surface area contributed by atoms with Crippen LogP contribution in [0.3, 0.4) is 0 Å². The fourth-order valence-corrected chi connectivity index (χ4v) is 3.13. The molecule has 0 aliphatic heterocycles. The van der Waals surface area contributed by atoms with Crippen LogP contribution in [0, 0.1) is 6.92 Å². The van der Waals surface area contributed by atoms with E-state index in [1.54, 1.807) is 6.07 Å². The van der Waals surface area contributed by atoms with Crippen molar-refractivity contribution in [3.8, 4) is 0 Å². The molecule has 1 atom stereocenters. The number of aromatic nitrogens is 1. The normalized spacial score (nSPS) is 12.6. The standard InChI is InChI=1S/C22H22F3N3O/c1-4-26-18-8-5-15(11-13(18)2)14(3)27-21(29)17-6-9-19-16(12-17)7-10-20(28-19)22(23,24)25/h5-12,14,26H,4H2,1-3H3,(H,27,29)/t14-/m1/s1. The molecule has 29 heavy (non-hydrogen) atoms. The summed E-state index contributed by atoms with van der Waals surface area (Å²) in [6.45, 7) is 6.74. The van der Waals surface area contributed by atoms with Crippen LogP contribution in [-0.2, 0) is 6.18 Å². The van der Waals surface area contributed by atoms with E-state index in [1.807, 2.05) is 39.0 Å². The summed E-state index contributed by atoms with van der Waals surface area (Å²) in [6, 6.07) is 12.4. The Morgan fingerprint density at radius 3 is 2.52 bits per heavy atom. The summed E-state index contributed by atoms with van der Waals surface area (Å²) in [7, 11) is 0. The number of nitrogens with zero attached hydrogens (tertiary/aromatic N) is 1. The molecule has 2 aromatic carbocycles. The number of hydrogen-bond donors (Lipinski definition) is 2. The topological polar surface area (TPSA) is 54.0 Å². The van der Waals surface area contributed by atoms with Crippen LogP contribution >= 0.6 is 0 Å². The Kier molecular flexibility index (Phi) is 5.77. The molecule has 7 heteroatoms. The average molecular weight is 401 g/mol. The van der Waals surface area contributed by atoms with Crippen LogP contribution in [0.1, 0.15) is 47.1 Å². The van der Waals surface area contributed by atoms with E-state index in [0.29, 0.717) is 10.9 Å². The lowest BCUT2D eigenvalue weighted by atomic mass is 10.0. The Morgan fingerprint density at radius 1 is 1.10 bits per heavy atom. The van der Waals surface area contributed by atoms with Gasteiger partial charge in [0.2, 0.25) is 0 Å². The molecular formula is C22H22F3N3O. The maximum atomic E-state index is 12.8. The van der Waals surface area contributed by atoms with Gasteiger partial charge < -0.3 is 10.6 Å². The molecule has 0 saturated carbocycles. The van der Waals surface area contributed by atoms with E-state index in [0.717, 1.165) is 29.4 Å². The molecule has 1 aromatic heterocycles. The molecule has 0 unspecified atom stereocenters. The van der Waals surface area contributed by atoms with Gasteiger partial charge in [-0.1, -0.05) is 18.2 Å². The van der Waals surface area contributed by atoms with Gasteiger partial charge in [-0.05, 0) is 62.2 Å². The fraction of sp³-hybridized carbons (Fsp3) is 0.273. The SMILES string of the molecule is CCNc1ccc([C@@H](C)NC(=O)c2ccc3nc(C(F)(F)F)ccc3c2)cc1C. The minimum absolute atomic E-state index is 0.194. The number of benzene rings is 2. The number of pyridine rings is 1. The summed E-state index contributed by atoms with van der Waals surface area (Å²) in [5.41, 5.74) is 2.71. The molecule has 0 spiro atoms. The van der Waals surface area contributed by atoms with Crippen molar-refractivity contribution in [3.05, 3.63) is 70.9 Å². The molecule has 2 N–H and O–H groups in total. The number of carbonyl (C=O) groups is 1. The van der Waals surface area contributed by atoms with Gasteiger partial charge in [-0.3, -0.25) is 4.79 Å². The minimum Gasteiger partial charge on any atom is -0.385 e. The Balaban J connectivity index is 1.77. The summed E-state index contributed by atoms with van der Waals surface area (Å²) < 4.78 is 38.4. The highest BCUT2D eigenvalue weighted by Gasteiger charge is 2.32. The number of aryl methyl sites for hydroxylation is 1. The number of hydrogen-bond acceptors (Lipinski definition) is 3. The van der Waals surface area contributed by atoms with Crippen LogP contribution in [0.4, 0.5) is 18.9 Å². The molecule has 3 rings (SSSR count). The van der Waals surface area contributed by atoms with E-state index in [1.165, 1.54) is 18.2 Å². The quantitative estimate of drug-likeness (QED) is 0.595. The summed E-state index contributed by atoms with van der Waals surface area (Å²) in [5.74, 6) is -0.298. The molecule has 4 nitrogen and oxygen atoms in total. The number of halogens is 3. The predicted octanol–water partition coefficient (Wildman–Crippen LogP) is 5.48. The first-order valence-electron chi connectivity index (χ1n) is 9.32. The van der Waals surface area contributed by atoms with Gasteiger partial charge in [0, 0.05) is 23.2 Å². The lowest BCUT2D eigenvalue weighted by Gasteiger charge is -2.17. The van der Waals surface area contributed by atoms with E-state index in [4.69, 9.17) is 0 Å². The van der Waals surface area contributed by atoms with Crippen molar-refractivity contribution in [2.75, 3.05) is 11.9 Å². The number of nitrogens with one attached hydrogen (secondary N) is 2. The third-order valence-electron chi connectivity index (χ3n) is 4.71. The van der Waals surface area contributed by atoms with E-state index in [-0.39, 0.29) is 17.5 Å². The Bertz CT molecular complexity index is 1050. The zero-order valence-electron chi connectivity index (χ0n) is 16.4. The van der Waals surface area contributed by atoms with E-state index in [9.17, 15) is 18.0 Å². The summed E-state index contributed by atoms with van der Waals surface area (Å²) >= 11 is 0. The number of alkyl halides is 3. The van der Waals surface area contributed by atoms with E-state index >= 15 is 0 Å². The molecule has 0 fully saturated rings. The number of fused-ring (bicyclic) bond motifs is 1. The molecule has 0 radical (unpaired) electrons. The van der Waals surface area contributed by atoms with Gasteiger partial charge >= 0.3 is 6.18 Å². The lowest BCUT2D eigenvalue weighted by molar-refractivity contribution is -0.140. The van der Waals surface area contributed by atoms with Gasteiger partial charge in [0.05, 0.1) is 11.6 Å². The van der Waals surface area contributed by atoms with E-state index in [2.05, 4.69) is 15.6 Å². The van der Waals surface area contributed by atoms with Gasteiger partial charge in [-0.2, -0.15) is 13.2 Å². The number of rotatable bonds is 5. The van der Waals surface area contributed by atoms with Crippen molar-refractivity contribution in [1.29, 1.82) is 0 Å². The van der Waals surface area contributed by atoms with Crippen LogP contribution in [0.25, 0.3) is 10.9 Å². The molecule has 0 bridgehead atoms. The third kappa shape index (κ3) is 4.67. The highest BCUT2D eigenvalue weighted by atomic mass is 19.4. The molecule has 152 valence electrons. The second kappa shape index (κ2) is 8.11. The first-order chi connectivity index (χ1) is 13.7. The van der Waals surface area contributed by atoms with Crippen molar-refractivity contribution < 1.29 is 18.0 Å². The highest BCUT2D eigenvalue weighted by molar-refractivity contribution is 5.98. The maximum absolute atomic E-state index is 12.8. The monoisotopic (exact) mass is 401 g/mol. The molecular weight excluding hydrogens is 379 g/mol. The summed E-state index contributed by atoms with van der Waals surface area (Å²) in [6.07, 6.45) is -4.50. The molecule has 1 heterocycles. The molecule has 0 saturated heterocycles. The van der Waals surface area contributed by atoms with Crippen molar-refractivity contribution in [2.45, 2.75) is 33.0 Å². The van der Waals surface area contributed by atoms with Gasteiger partial charge in [-0.25, -0.2) is 4.98 Å². The highest BCUT2D eigenvalue weighted by Crippen LogP contribution is 2.29. The van der Waals surface area contributed by atoms with Crippen molar-refractivity contribution in [1.82, 2.24) is 10.3 Å². The maximum Gasteiger partial charge on any atom is 0.433 e. The Morgan fingerprint density at radius 2 is 1.86 bits per heavy atom. The van der Waals surface area contributed by atoms with Crippen LogP contribution in [0.2, 0.25) is 0 Å². The Labute approximate surface area is 167 Å². The second-order valence-electron chi connectivity index (χ2n) is 6.90. The third-order valence-corrected chi connectivity index (χ3v) is 4.71. The fourth-order valence-electron chi connectivity index (χ4n) is 3.13. The number of amides is 1. The molecule has 3 aromatic rings. The van der Waals surface area contributed by atoms with Crippen LogP contribution in [0.5, 0.6) is 0 Å². The number of carbonyl (C=O) groups excluding carboxylic acids is 1. The minimum atomic E-state index is -4.50. The second-order valence-corrected chi connectivity index (χ2v) is 6.90. The van der Waals surface area contributed by atoms with Gasteiger partial charge in [0.25, 0.3) is 5.91 Å². The number of anilines is 1. The lowest BCUT2D eigenvalue weighted by Crippen LogP contribution is -2.26. The van der Waals surface area contributed by atoms with E-state index < -0.39 is 11.9 Å². The van der Waals surface area contributed by atoms with Crippen molar-refractivity contribution >= 4 is 22.5 Å². The summed E-state index contributed by atoms with van der Waals surface area (Å²) in [5, 5.41) is 6.68. The van der Waals surface area contributed by atoms with Crippen LogP contribution in [0.15, 0.2) is 48.5 Å². The average Bonchev–Trinajstić information content (AvgIpc) is 2.68. The first-order valence-corrected chi connectivity index (χ1v) is 9.32. The van der Waals surface area contributed by atoms with Crippen molar-refractivity contribution in [2.24, 2.45) is 0 Å².